The van der Waals surface area contributed by atoms with Crippen molar-refractivity contribution >= 4 is 71.6 Å². The van der Waals surface area contributed by atoms with Gasteiger partial charge in [0.1, 0.15) is 0 Å². The van der Waals surface area contributed by atoms with Gasteiger partial charge < -0.3 is 61.3 Å². The Morgan fingerprint density at radius 3 is 0.208 bits per heavy atom. The summed E-state index contributed by atoms with van der Waals surface area (Å²) in [5.74, 6) is -12.8. The molecule has 0 aliphatic heterocycles. The zero-order valence-electron chi connectivity index (χ0n) is 36.1. The molecule has 12 N–H and O–H groups in total. The molecule has 0 saturated carbocycles. The molecule has 0 heterocycles. The molecule has 0 bridgehead atoms. The van der Waals surface area contributed by atoms with E-state index in [4.69, 9.17) is 61.3 Å². The van der Waals surface area contributed by atoms with Gasteiger partial charge in [0.2, 0.25) is 0 Å². The first-order valence-electron chi connectivity index (χ1n) is 19.1. The third kappa shape index (κ3) is 21.1. The van der Waals surface area contributed by atoms with Crippen molar-refractivity contribution in [2.45, 2.75) is 0 Å². The van der Waals surface area contributed by atoms with Crippen LogP contribution in [0.25, 0.3) is 0 Å². The quantitative estimate of drug-likeness (QED) is 0.0622. The van der Waals surface area contributed by atoms with Gasteiger partial charge in [-0.05, 0) is 146 Å². The van der Waals surface area contributed by atoms with Gasteiger partial charge in [-0.1, -0.05) is 0 Å². The van der Waals surface area contributed by atoms with Crippen LogP contribution in [0.3, 0.4) is 0 Å². The van der Waals surface area contributed by atoms with E-state index in [9.17, 15) is 57.5 Å². The van der Waals surface area contributed by atoms with Crippen molar-refractivity contribution in [2.24, 2.45) is 0 Å². The molecule has 24 heteroatoms. The van der Waals surface area contributed by atoms with E-state index in [0.29, 0.717) is 0 Å². The number of carboxylic acid groups (broad SMARTS) is 12. The lowest BCUT2D eigenvalue weighted by Crippen LogP contribution is -1.99. The molecule has 372 valence electrons. The topological polar surface area (TPSA) is 448 Å². The molecule has 72 heavy (non-hydrogen) atoms. The third-order valence-corrected chi connectivity index (χ3v) is 8.27. The summed E-state index contributed by atoms with van der Waals surface area (Å²) in [6.07, 6.45) is 0. The predicted molar refractivity (Wildman–Crippen MR) is 242 cm³/mol. The maximum absolute atomic E-state index is 10.3. The second kappa shape index (κ2) is 28.9. The molecule has 0 atom stereocenters. The Morgan fingerprint density at radius 1 is 0.139 bits per heavy atom. The van der Waals surface area contributed by atoms with Crippen molar-refractivity contribution in [2.75, 3.05) is 0 Å². The normalized spacial score (nSPS) is 9.33. The van der Waals surface area contributed by atoms with E-state index in [0.717, 1.165) is 0 Å². The standard InChI is InChI=1S/6C8H6O4/c6*9-7(10)5-1-2-6(4-3-5)8(11)12/h6*1-4H,(H,9,10)(H,11,12). The van der Waals surface area contributed by atoms with Crippen LogP contribution in [0.2, 0.25) is 0 Å². The zero-order chi connectivity index (χ0) is 54.8. The lowest BCUT2D eigenvalue weighted by Gasteiger charge is -1.94. The van der Waals surface area contributed by atoms with Crippen LogP contribution in [0.1, 0.15) is 124 Å². The summed E-state index contributed by atoms with van der Waals surface area (Å²) >= 11 is 0. The van der Waals surface area contributed by atoms with E-state index in [1.807, 2.05) is 0 Å². The van der Waals surface area contributed by atoms with Gasteiger partial charge in [-0.15, -0.1) is 0 Å². The van der Waals surface area contributed by atoms with Crippen LogP contribution in [-0.4, -0.2) is 133 Å². The maximum atomic E-state index is 10.3. The monoisotopic (exact) mass is 996 g/mol. The number of carbonyl (C=O) groups is 12. The van der Waals surface area contributed by atoms with Crippen molar-refractivity contribution in [3.63, 3.8) is 0 Å². The van der Waals surface area contributed by atoms with Crippen molar-refractivity contribution < 1.29 is 119 Å². The van der Waals surface area contributed by atoms with Gasteiger partial charge in [-0.25, -0.2) is 57.5 Å². The average molecular weight is 997 g/mol. The van der Waals surface area contributed by atoms with Gasteiger partial charge in [0.15, 0.2) is 0 Å². The molecule has 24 nitrogen and oxygen atoms in total. The van der Waals surface area contributed by atoms with Crippen molar-refractivity contribution in [3.8, 4) is 0 Å². The summed E-state index contributed by atoms with van der Waals surface area (Å²) in [5, 5.41) is 102. The highest BCUT2D eigenvalue weighted by atomic mass is 16.4. The minimum atomic E-state index is -1.06. The summed E-state index contributed by atoms with van der Waals surface area (Å²) in [6.45, 7) is 0. The van der Waals surface area contributed by atoms with Crippen LogP contribution >= 0.6 is 0 Å². The summed E-state index contributed by atoms with van der Waals surface area (Å²) in [4.78, 5) is 124. The highest BCUT2D eigenvalue weighted by Crippen LogP contribution is 2.08. The molecule has 6 aromatic rings. The molecule has 0 saturated heterocycles. The lowest BCUT2D eigenvalue weighted by atomic mass is 10.1. The van der Waals surface area contributed by atoms with Crippen molar-refractivity contribution in [1.29, 1.82) is 0 Å². The molecule has 0 fully saturated rings. The van der Waals surface area contributed by atoms with Crippen LogP contribution in [0.15, 0.2) is 146 Å². The number of rotatable bonds is 12. The molecule has 0 aliphatic rings. The number of benzene rings is 6. The number of carboxylic acids is 12. The lowest BCUT2D eigenvalue weighted by molar-refractivity contribution is 0.0681. The first kappa shape index (κ1) is 59.0. The van der Waals surface area contributed by atoms with E-state index < -0.39 is 71.6 Å². The van der Waals surface area contributed by atoms with Crippen LogP contribution < -0.4 is 0 Å². The molecule has 6 rings (SSSR count). The molecule has 0 aliphatic carbocycles. The SMILES string of the molecule is O=C(O)c1ccc(C(=O)O)cc1.O=C(O)c1ccc(C(=O)O)cc1.O=C(O)c1ccc(C(=O)O)cc1.O=C(O)c1ccc(C(=O)O)cc1.O=C(O)c1ccc(C(=O)O)cc1.O=C(O)c1ccc(C(=O)O)cc1. The maximum Gasteiger partial charge on any atom is 0.335 e. The first-order chi connectivity index (χ1) is 33.7. The van der Waals surface area contributed by atoms with E-state index in [1.165, 1.54) is 146 Å². The molecule has 0 radical (unpaired) electrons. The predicted octanol–water partition coefficient (Wildman–Crippen LogP) is 6.50. The van der Waals surface area contributed by atoms with E-state index >= 15 is 0 Å². The summed E-state index contributed by atoms with van der Waals surface area (Å²) in [7, 11) is 0. The highest BCUT2D eigenvalue weighted by molar-refractivity contribution is 5.95. The zero-order valence-corrected chi connectivity index (χ0v) is 36.1. The molecule has 0 spiro atoms. The molecule has 6 aromatic carbocycles. The fourth-order valence-corrected chi connectivity index (χ4v) is 4.53. The Hall–Kier alpha value is -11.0. The Bertz CT molecular complexity index is 2200. The van der Waals surface area contributed by atoms with Crippen LogP contribution in [0, 0.1) is 0 Å². The highest BCUT2D eigenvalue weighted by Gasteiger charge is 2.09. The Morgan fingerprint density at radius 2 is 0.181 bits per heavy atom. The van der Waals surface area contributed by atoms with Gasteiger partial charge in [0, 0.05) is 0 Å². The first-order valence-corrected chi connectivity index (χ1v) is 19.1. The van der Waals surface area contributed by atoms with Crippen molar-refractivity contribution in [3.05, 3.63) is 212 Å². The fraction of sp³-hybridized carbons (Fsp3) is 0. The molecular weight excluding hydrogens is 961 g/mol. The number of hydrogen-bond donors (Lipinski definition) is 12. The molecule has 0 amide bonds. The summed E-state index contributed by atoms with van der Waals surface area (Å²) in [6, 6.07) is 30.1. The Labute approximate surface area is 402 Å². The van der Waals surface area contributed by atoms with Crippen LogP contribution in [0.4, 0.5) is 0 Å². The van der Waals surface area contributed by atoms with Crippen LogP contribution in [0.5, 0.6) is 0 Å². The molecular formula is C48H36O24. The summed E-state index contributed by atoms with van der Waals surface area (Å²) in [5.41, 5.74) is 1.00. The Kier molecular flexibility index (Phi) is 23.7. The van der Waals surface area contributed by atoms with Crippen molar-refractivity contribution in [1.82, 2.24) is 0 Å². The largest absolute Gasteiger partial charge is 0.478 e. The average Bonchev–Trinajstić information content (AvgIpc) is 3.35. The van der Waals surface area contributed by atoms with E-state index in [-0.39, 0.29) is 66.8 Å². The Balaban J connectivity index is 0.000000432. The molecule has 0 unspecified atom stereocenters. The fourth-order valence-electron chi connectivity index (χ4n) is 4.53. The second-order valence-corrected chi connectivity index (χ2v) is 13.1. The van der Waals surface area contributed by atoms with E-state index in [2.05, 4.69) is 0 Å². The number of hydrogen-bond acceptors (Lipinski definition) is 12. The van der Waals surface area contributed by atoms with Gasteiger partial charge in [-0.2, -0.15) is 0 Å². The van der Waals surface area contributed by atoms with Gasteiger partial charge in [0.25, 0.3) is 0 Å². The summed E-state index contributed by atoms with van der Waals surface area (Å²) < 4.78 is 0. The van der Waals surface area contributed by atoms with Gasteiger partial charge >= 0.3 is 71.6 Å². The minimum absolute atomic E-state index is 0.0833. The second-order valence-electron chi connectivity index (χ2n) is 13.1. The third-order valence-electron chi connectivity index (χ3n) is 8.27. The van der Waals surface area contributed by atoms with E-state index in [1.54, 1.807) is 0 Å². The smallest absolute Gasteiger partial charge is 0.335 e. The van der Waals surface area contributed by atoms with Crippen LogP contribution in [-0.2, 0) is 0 Å². The van der Waals surface area contributed by atoms with Gasteiger partial charge in [-0.3, -0.25) is 0 Å². The van der Waals surface area contributed by atoms with Gasteiger partial charge in [0.05, 0.1) is 66.8 Å². The number of aromatic carboxylic acids is 12. The molecule has 0 aromatic heterocycles. The minimum Gasteiger partial charge on any atom is -0.478 e.